The van der Waals surface area contributed by atoms with Gasteiger partial charge in [-0.15, -0.1) is 0 Å². The topological polar surface area (TPSA) is 286 Å². The van der Waals surface area contributed by atoms with E-state index in [1.807, 2.05) is 0 Å². The van der Waals surface area contributed by atoms with Gasteiger partial charge in [-0.2, -0.15) is 0 Å². The van der Waals surface area contributed by atoms with Gasteiger partial charge in [0.1, 0.15) is 18.1 Å². The van der Waals surface area contributed by atoms with Crippen LogP contribution >= 0.6 is 0 Å². The number of nitrogens with zero attached hydrogens (tertiary/aromatic N) is 1. The van der Waals surface area contributed by atoms with Gasteiger partial charge in [-0.1, -0.05) is 0 Å². The molecule has 16 heteroatoms. The lowest BCUT2D eigenvalue weighted by Crippen LogP contribution is -2.58. The Labute approximate surface area is 212 Å². The molecule has 4 unspecified atom stereocenters. The van der Waals surface area contributed by atoms with Crippen molar-refractivity contribution in [3.8, 4) is 0 Å². The van der Waals surface area contributed by atoms with Crippen LogP contribution < -0.4 is 33.2 Å². The second kappa shape index (κ2) is 15.8. The van der Waals surface area contributed by atoms with Gasteiger partial charge in [0, 0.05) is 24.7 Å². The fourth-order valence-corrected chi connectivity index (χ4v) is 3.21. The number of hydrogen-bond acceptors (Lipinski definition) is 9. The zero-order valence-electron chi connectivity index (χ0n) is 20.1. The highest BCUT2D eigenvalue weighted by Gasteiger charge is 2.31. The van der Waals surface area contributed by atoms with Crippen molar-refractivity contribution in [3.05, 3.63) is 18.2 Å². The average molecular weight is 527 g/mol. The first kappa shape index (κ1) is 31.0. The molecule has 0 aliphatic carbocycles. The number of carboxylic acid groups (broad SMARTS) is 2. The number of carboxylic acids is 2. The van der Waals surface area contributed by atoms with Gasteiger partial charge in [0.2, 0.25) is 23.6 Å². The summed E-state index contributed by atoms with van der Waals surface area (Å²) in [6, 6.07) is -5.47. The number of carbonyl (C=O) groups is 6. The molecule has 0 saturated heterocycles. The minimum atomic E-state index is -1.62. The number of hydrogen-bond donors (Lipinski definition) is 9. The van der Waals surface area contributed by atoms with Gasteiger partial charge in [0.15, 0.2) is 0 Å². The Bertz CT molecular complexity index is 939. The third-order valence-corrected chi connectivity index (χ3v) is 5.22. The number of amides is 4. The largest absolute Gasteiger partial charge is 0.481 e. The average Bonchev–Trinajstić information content (AvgIpc) is 3.33. The first-order chi connectivity index (χ1) is 17.4. The molecule has 4 amide bonds. The molecule has 37 heavy (non-hydrogen) atoms. The van der Waals surface area contributed by atoms with E-state index in [0.29, 0.717) is 25.1 Å². The van der Waals surface area contributed by atoms with E-state index in [-0.39, 0.29) is 25.7 Å². The lowest BCUT2D eigenvalue weighted by Gasteiger charge is -2.24. The van der Waals surface area contributed by atoms with Crippen LogP contribution in [0.5, 0.6) is 0 Å². The number of primary amides is 1. The highest BCUT2D eigenvalue weighted by molar-refractivity contribution is 5.95. The number of unbranched alkanes of at least 4 members (excludes halogenated alkanes) is 1. The van der Waals surface area contributed by atoms with Gasteiger partial charge in [-0.3, -0.25) is 24.0 Å². The molecule has 0 saturated carbocycles. The number of carbonyl (C=O) groups excluding carboxylic acids is 4. The van der Waals surface area contributed by atoms with Crippen molar-refractivity contribution in [1.29, 1.82) is 0 Å². The fraction of sp³-hybridized carbons (Fsp3) is 0.571. The van der Waals surface area contributed by atoms with Crippen LogP contribution in [0.25, 0.3) is 0 Å². The van der Waals surface area contributed by atoms with Crippen molar-refractivity contribution < 1.29 is 39.0 Å². The van der Waals surface area contributed by atoms with E-state index in [1.54, 1.807) is 0 Å². The fourth-order valence-electron chi connectivity index (χ4n) is 3.21. The lowest BCUT2D eigenvalue weighted by atomic mass is 10.1. The second-order valence-electron chi connectivity index (χ2n) is 8.30. The summed E-state index contributed by atoms with van der Waals surface area (Å²) in [7, 11) is 0. The number of nitrogens with one attached hydrogen (secondary N) is 4. The number of rotatable bonds is 18. The van der Waals surface area contributed by atoms with E-state index in [9.17, 15) is 39.0 Å². The van der Waals surface area contributed by atoms with Crippen LogP contribution in [-0.2, 0) is 35.2 Å². The Morgan fingerprint density at radius 1 is 0.919 bits per heavy atom. The molecule has 1 aromatic rings. The van der Waals surface area contributed by atoms with E-state index < -0.39 is 66.2 Å². The van der Waals surface area contributed by atoms with Gasteiger partial charge in [-0.25, -0.2) is 9.78 Å². The molecule has 0 aliphatic heterocycles. The van der Waals surface area contributed by atoms with Crippen LogP contribution in [0.15, 0.2) is 12.5 Å². The molecule has 0 spiro atoms. The van der Waals surface area contributed by atoms with Crippen molar-refractivity contribution in [1.82, 2.24) is 25.9 Å². The van der Waals surface area contributed by atoms with Gasteiger partial charge >= 0.3 is 11.9 Å². The summed E-state index contributed by atoms with van der Waals surface area (Å²) in [5.41, 5.74) is 16.6. The zero-order valence-corrected chi connectivity index (χ0v) is 20.1. The van der Waals surface area contributed by atoms with Gasteiger partial charge < -0.3 is 48.3 Å². The SMILES string of the molecule is NCCCCC(NC(=O)C(Cc1cnc[nH]1)NC(=O)C(CC(=O)O)NC(=O)C(N)CCC(N)=O)C(=O)O. The van der Waals surface area contributed by atoms with Gasteiger partial charge in [-0.05, 0) is 32.2 Å². The Balaban J connectivity index is 3.02. The summed E-state index contributed by atoms with van der Waals surface area (Å²) in [4.78, 5) is 78.7. The standard InChI is InChI=1S/C21H34N8O8/c22-6-2-1-3-13(21(36)37)27-19(34)14(7-11-9-25-10-26-11)29-20(35)15(8-17(31)32)28-18(33)12(23)4-5-16(24)30/h9-10,12-15H,1-8,22-23H2,(H2,24,30)(H,25,26)(H,27,34)(H,28,33)(H,29,35)(H,31,32)(H,36,37). The quantitative estimate of drug-likeness (QED) is 0.0853. The second-order valence-corrected chi connectivity index (χ2v) is 8.30. The van der Waals surface area contributed by atoms with Crippen molar-refractivity contribution >= 4 is 35.6 Å². The summed E-state index contributed by atoms with van der Waals surface area (Å²) >= 11 is 0. The van der Waals surface area contributed by atoms with Gasteiger partial charge in [0.05, 0.1) is 18.8 Å². The van der Waals surface area contributed by atoms with E-state index in [2.05, 4.69) is 25.9 Å². The maximum Gasteiger partial charge on any atom is 0.326 e. The minimum Gasteiger partial charge on any atom is -0.481 e. The molecule has 0 fully saturated rings. The highest BCUT2D eigenvalue weighted by Crippen LogP contribution is 2.06. The Hall–Kier alpha value is -4.05. The summed E-state index contributed by atoms with van der Waals surface area (Å²) in [5.74, 6) is -6.17. The van der Waals surface area contributed by atoms with Crippen LogP contribution in [0.3, 0.4) is 0 Å². The number of imidazole rings is 1. The number of aromatic amines is 1. The monoisotopic (exact) mass is 526 g/mol. The molecule has 0 aromatic carbocycles. The van der Waals surface area contributed by atoms with E-state index in [0.717, 1.165) is 0 Å². The normalized spacial score (nSPS) is 14.0. The number of aromatic nitrogens is 2. The van der Waals surface area contributed by atoms with E-state index >= 15 is 0 Å². The third-order valence-electron chi connectivity index (χ3n) is 5.22. The first-order valence-corrected chi connectivity index (χ1v) is 11.5. The molecule has 4 atom stereocenters. The summed E-state index contributed by atoms with van der Waals surface area (Å²) < 4.78 is 0. The van der Waals surface area contributed by atoms with Crippen LogP contribution in [-0.4, -0.2) is 86.5 Å². The van der Waals surface area contributed by atoms with Gasteiger partial charge in [0.25, 0.3) is 0 Å². The number of H-pyrrole nitrogens is 1. The van der Waals surface area contributed by atoms with Crippen molar-refractivity contribution in [2.75, 3.05) is 6.54 Å². The summed E-state index contributed by atoms with van der Waals surface area (Å²) in [5, 5.41) is 25.6. The van der Waals surface area contributed by atoms with Crippen LogP contribution in [0, 0.1) is 0 Å². The Kier molecular flexibility index (Phi) is 13.3. The van der Waals surface area contributed by atoms with E-state index in [1.165, 1.54) is 12.5 Å². The molecule has 16 nitrogen and oxygen atoms in total. The molecule has 0 aliphatic rings. The first-order valence-electron chi connectivity index (χ1n) is 11.5. The molecule has 1 heterocycles. The Morgan fingerprint density at radius 3 is 2.08 bits per heavy atom. The molecule has 1 aromatic heterocycles. The van der Waals surface area contributed by atoms with Crippen molar-refractivity contribution in [2.24, 2.45) is 17.2 Å². The summed E-state index contributed by atoms with van der Waals surface area (Å²) in [6.45, 7) is 0.349. The third kappa shape index (κ3) is 12.0. The number of aliphatic carboxylic acids is 2. The molecule has 206 valence electrons. The molecule has 0 bridgehead atoms. The molecular formula is C21H34N8O8. The van der Waals surface area contributed by atoms with Crippen LogP contribution in [0.2, 0.25) is 0 Å². The minimum absolute atomic E-state index is 0.101. The van der Waals surface area contributed by atoms with Crippen molar-refractivity contribution in [2.45, 2.75) is 69.1 Å². The molecule has 0 radical (unpaired) electrons. The maximum absolute atomic E-state index is 13.0. The highest BCUT2D eigenvalue weighted by atomic mass is 16.4. The zero-order chi connectivity index (χ0) is 28.0. The predicted molar refractivity (Wildman–Crippen MR) is 127 cm³/mol. The maximum atomic E-state index is 13.0. The predicted octanol–water partition coefficient (Wildman–Crippen LogP) is -3.31. The molecule has 1 rings (SSSR count). The smallest absolute Gasteiger partial charge is 0.326 e. The van der Waals surface area contributed by atoms with E-state index in [4.69, 9.17) is 17.2 Å². The lowest BCUT2D eigenvalue weighted by molar-refractivity contribution is -0.143. The van der Waals surface area contributed by atoms with Crippen molar-refractivity contribution in [3.63, 3.8) is 0 Å². The summed E-state index contributed by atoms with van der Waals surface area (Å²) in [6.07, 6.45) is 2.50. The van der Waals surface area contributed by atoms with Crippen LogP contribution in [0.1, 0.15) is 44.2 Å². The Morgan fingerprint density at radius 2 is 1.54 bits per heavy atom. The molecule has 12 N–H and O–H groups in total. The van der Waals surface area contributed by atoms with Crippen LogP contribution in [0.4, 0.5) is 0 Å². The molecular weight excluding hydrogens is 492 g/mol. The number of nitrogens with two attached hydrogens (primary N) is 3.